The molecule has 3 heteroatoms. The normalized spacial score (nSPS) is 9.24. The molecule has 1 rings (SSSR count). The number of nitrogens with one attached hydrogen (secondary N) is 1. The lowest BCUT2D eigenvalue weighted by Gasteiger charge is -1.99. The molecule has 0 atom stereocenters. The van der Waals surface area contributed by atoms with Crippen LogP contribution >= 0.6 is 0 Å². The van der Waals surface area contributed by atoms with Crippen LogP contribution in [0.15, 0.2) is 30.3 Å². The highest BCUT2D eigenvalue weighted by Crippen LogP contribution is 1.94. The standard InChI is InChI=1S/C14H17NO2/c16-12-6-2-5-11-15-14(17)10-9-13-7-3-1-4-8-13/h1,3-4,7-8,16H,2,5-6,11-12H2,(H,15,17). The van der Waals surface area contributed by atoms with Crippen molar-refractivity contribution in [3.8, 4) is 11.8 Å². The number of unbranched alkanes of at least 4 members (excludes halogenated alkanes) is 2. The molecule has 0 unspecified atom stereocenters. The molecule has 0 saturated carbocycles. The summed E-state index contributed by atoms with van der Waals surface area (Å²) < 4.78 is 0. The van der Waals surface area contributed by atoms with Gasteiger partial charge in [0.1, 0.15) is 0 Å². The summed E-state index contributed by atoms with van der Waals surface area (Å²) in [5.41, 5.74) is 0.836. The molecule has 1 aromatic rings. The van der Waals surface area contributed by atoms with Gasteiger partial charge in [-0.05, 0) is 31.4 Å². The third-order valence-corrected chi connectivity index (χ3v) is 2.21. The van der Waals surface area contributed by atoms with Crippen molar-refractivity contribution in [2.24, 2.45) is 0 Å². The molecule has 17 heavy (non-hydrogen) atoms. The van der Waals surface area contributed by atoms with Gasteiger partial charge in [0, 0.05) is 24.6 Å². The Hall–Kier alpha value is -1.79. The molecule has 1 amide bonds. The highest BCUT2D eigenvalue weighted by Gasteiger charge is 1.94. The van der Waals surface area contributed by atoms with Gasteiger partial charge in [0.05, 0.1) is 0 Å². The second-order valence-corrected chi connectivity index (χ2v) is 3.66. The molecule has 0 aromatic heterocycles. The minimum absolute atomic E-state index is 0.210. The van der Waals surface area contributed by atoms with Gasteiger partial charge in [-0.1, -0.05) is 24.1 Å². The van der Waals surface area contributed by atoms with E-state index in [-0.39, 0.29) is 12.5 Å². The Kier molecular flexibility index (Phi) is 6.54. The first-order chi connectivity index (χ1) is 8.33. The van der Waals surface area contributed by atoms with E-state index in [1.807, 2.05) is 30.3 Å². The van der Waals surface area contributed by atoms with Crippen molar-refractivity contribution in [3.05, 3.63) is 35.9 Å². The molecule has 2 N–H and O–H groups in total. The smallest absolute Gasteiger partial charge is 0.296 e. The summed E-state index contributed by atoms with van der Waals surface area (Å²) >= 11 is 0. The number of rotatable bonds is 5. The van der Waals surface area contributed by atoms with E-state index in [9.17, 15) is 4.79 Å². The van der Waals surface area contributed by atoms with Gasteiger partial charge in [-0.2, -0.15) is 0 Å². The summed E-state index contributed by atoms with van der Waals surface area (Å²) in [6.45, 7) is 0.823. The van der Waals surface area contributed by atoms with Crippen LogP contribution in [0.4, 0.5) is 0 Å². The van der Waals surface area contributed by atoms with E-state index in [0.717, 1.165) is 24.8 Å². The fourth-order valence-corrected chi connectivity index (χ4v) is 1.31. The van der Waals surface area contributed by atoms with Crippen molar-refractivity contribution in [1.82, 2.24) is 5.32 Å². The van der Waals surface area contributed by atoms with E-state index >= 15 is 0 Å². The topological polar surface area (TPSA) is 49.3 Å². The van der Waals surface area contributed by atoms with Crippen LogP contribution in [-0.4, -0.2) is 24.2 Å². The number of hydrogen-bond donors (Lipinski definition) is 2. The Morgan fingerprint density at radius 1 is 1.18 bits per heavy atom. The van der Waals surface area contributed by atoms with E-state index in [1.165, 1.54) is 0 Å². The maximum atomic E-state index is 11.3. The number of benzene rings is 1. The first-order valence-corrected chi connectivity index (χ1v) is 5.78. The van der Waals surface area contributed by atoms with Gasteiger partial charge in [-0.15, -0.1) is 0 Å². The molecule has 0 fully saturated rings. The molecule has 0 heterocycles. The number of aliphatic hydroxyl groups is 1. The fraction of sp³-hybridized carbons (Fsp3) is 0.357. The Bertz CT molecular complexity index is 390. The minimum atomic E-state index is -0.252. The van der Waals surface area contributed by atoms with Gasteiger partial charge < -0.3 is 10.4 Å². The Labute approximate surface area is 102 Å². The minimum Gasteiger partial charge on any atom is -0.396 e. The number of carbonyl (C=O) groups is 1. The van der Waals surface area contributed by atoms with Gasteiger partial charge in [-0.3, -0.25) is 4.79 Å². The van der Waals surface area contributed by atoms with E-state index in [4.69, 9.17) is 5.11 Å². The SMILES string of the molecule is O=C(C#Cc1ccccc1)NCCCCCO. The average Bonchev–Trinajstić information content (AvgIpc) is 2.37. The van der Waals surface area contributed by atoms with Crippen LogP contribution in [0.5, 0.6) is 0 Å². The quantitative estimate of drug-likeness (QED) is 0.593. The van der Waals surface area contributed by atoms with Crippen LogP contribution in [0, 0.1) is 11.8 Å². The summed E-state index contributed by atoms with van der Waals surface area (Å²) in [5, 5.41) is 11.3. The largest absolute Gasteiger partial charge is 0.396 e. The van der Waals surface area contributed by atoms with Crippen LogP contribution in [0.25, 0.3) is 0 Å². The van der Waals surface area contributed by atoms with Crippen LogP contribution < -0.4 is 5.32 Å². The average molecular weight is 231 g/mol. The third kappa shape index (κ3) is 6.39. The van der Waals surface area contributed by atoms with Crippen LogP contribution in [-0.2, 0) is 4.79 Å². The number of amides is 1. The molecule has 90 valence electrons. The lowest BCUT2D eigenvalue weighted by molar-refractivity contribution is -0.115. The maximum absolute atomic E-state index is 11.3. The number of aliphatic hydroxyl groups excluding tert-OH is 1. The Morgan fingerprint density at radius 2 is 1.94 bits per heavy atom. The second-order valence-electron chi connectivity index (χ2n) is 3.66. The zero-order valence-corrected chi connectivity index (χ0v) is 9.78. The predicted molar refractivity (Wildman–Crippen MR) is 67.3 cm³/mol. The molecule has 0 aliphatic carbocycles. The first-order valence-electron chi connectivity index (χ1n) is 5.78. The van der Waals surface area contributed by atoms with E-state index in [2.05, 4.69) is 17.2 Å². The van der Waals surface area contributed by atoms with Gasteiger partial charge in [0.15, 0.2) is 0 Å². The summed E-state index contributed by atoms with van der Waals surface area (Å²) in [7, 11) is 0. The van der Waals surface area contributed by atoms with E-state index in [1.54, 1.807) is 0 Å². The lowest BCUT2D eigenvalue weighted by atomic mass is 10.2. The zero-order valence-electron chi connectivity index (χ0n) is 9.78. The Balaban J connectivity index is 2.24. The molecular weight excluding hydrogens is 214 g/mol. The lowest BCUT2D eigenvalue weighted by Crippen LogP contribution is -2.22. The summed E-state index contributed by atoms with van der Waals surface area (Å²) in [6.07, 6.45) is 2.58. The second kappa shape index (κ2) is 8.37. The van der Waals surface area contributed by atoms with Gasteiger partial charge in [0.2, 0.25) is 0 Å². The van der Waals surface area contributed by atoms with Crippen molar-refractivity contribution in [3.63, 3.8) is 0 Å². The van der Waals surface area contributed by atoms with Crippen molar-refractivity contribution in [1.29, 1.82) is 0 Å². The number of carbonyl (C=O) groups excluding carboxylic acids is 1. The number of hydrogen-bond acceptors (Lipinski definition) is 2. The molecule has 0 saturated heterocycles. The van der Waals surface area contributed by atoms with Crippen LogP contribution in [0.2, 0.25) is 0 Å². The molecule has 0 bridgehead atoms. The highest BCUT2D eigenvalue weighted by molar-refractivity contribution is 5.94. The van der Waals surface area contributed by atoms with E-state index < -0.39 is 0 Å². The molecule has 0 spiro atoms. The van der Waals surface area contributed by atoms with Crippen molar-refractivity contribution >= 4 is 5.91 Å². The van der Waals surface area contributed by atoms with Crippen molar-refractivity contribution in [2.45, 2.75) is 19.3 Å². The molecule has 0 aliphatic heterocycles. The third-order valence-electron chi connectivity index (χ3n) is 2.21. The monoisotopic (exact) mass is 231 g/mol. The van der Waals surface area contributed by atoms with Gasteiger partial charge >= 0.3 is 0 Å². The summed E-state index contributed by atoms with van der Waals surface area (Å²) in [6, 6.07) is 9.41. The first kappa shape index (κ1) is 13.3. The highest BCUT2D eigenvalue weighted by atomic mass is 16.2. The van der Waals surface area contributed by atoms with Crippen molar-refractivity contribution < 1.29 is 9.90 Å². The zero-order chi connectivity index (χ0) is 12.3. The molecule has 3 nitrogen and oxygen atoms in total. The molecule has 0 aliphatic rings. The molecule has 1 aromatic carbocycles. The molecule has 0 radical (unpaired) electrons. The van der Waals surface area contributed by atoms with Gasteiger partial charge in [-0.25, -0.2) is 0 Å². The van der Waals surface area contributed by atoms with Crippen LogP contribution in [0.3, 0.4) is 0 Å². The maximum Gasteiger partial charge on any atom is 0.296 e. The van der Waals surface area contributed by atoms with Crippen molar-refractivity contribution in [2.75, 3.05) is 13.2 Å². The fourth-order valence-electron chi connectivity index (χ4n) is 1.31. The van der Waals surface area contributed by atoms with Crippen LogP contribution in [0.1, 0.15) is 24.8 Å². The predicted octanol–water partition coefficient (Wildman–Crippen LogP) is 1.32. The van der Waals surface area contributed by atoms with Gasteiger partial charge in [0.25, 0.3) is 5.91 Å². The Morgan fingerprint density at radius 3 is 2.65 bits per heavy atom. The molecular formula is C14H17NO2. The summed E-state index contributed by atoms with van der Waals surface area (Å²) in [4.78, 5) is 11.3. The van der Waals surface area contributed by atoms with E-state index in [0.29, 0.717) is 6.54 Å². The summed E-state index contributed by atoms with van der Waals surface area (Å²) in [5.74, 6) is 5.08.